The van der Waals surface area contributed by atoms with Crippen LogP contribution < -0.4 is 15.4 Å². The topological polar surface area (TPSA) is 91.2 Å². The van der Waals surface area contributed by atoms with Crippen molar-refractivity contribution >= 4 is 23.2 Å². The van der Waals surface area contributed by atoms with Gasteiger partial charge in [0.1, 0.15) is 11.8 Å². The number of hydrogen-bond acceptors (Lipinski definition) is 4. The number of nitrogens with one attached hydrogen (secondary N) is 2. The van der Waals surface area contributed by atoms with E-state index in [0.717, 1.165) is 0 Å². The molecule has 0 heterocycles. The quantitative estimate of drug-likeness (QED) is 0.707. The third kappa shape index (κ3) is 4.17. The van der Waals surface area contributed by atoms with Crippen molar-refractivity contribution < 1.29 is 14.3 Å². The monoisotopic (exact) mass is 371 g/mol. The lowest BCUT2D eigenvalue weighted by Crippen LogP contribution is -2.15. The van der Waals surface area contributed by atoms with Crippen LogP contribution in [-0.2, 0) is 0 Å². The third-order valence-electron chi connectivity index (χ3n) is 4.06. The van der Waals surface area contributed by atoms with Gasteiger partial charge in [0, 0.05) is 11.1 Å². The lowest BCUT2D eigenvalue weighted by Gasteiger charge is -2.10. The van der Waals surface area contributed by atoms with Crippen LogP contribution in [0.3, 0.4) is 0 Å². The van der Waals surface area contributed by atoms with Gasteiger partial charge in [0.25, 0.3) is 11.8 Å². The molecule has 0 bridgehead atoms. The van der Waals surface area contributed by atoms with E-state index < -0.39 is 0 Å². The molecule has 3 aromatic carbocycles. The van der Waals surface area contributed by atoms with Crippen molar-refractivity contribution in [2.24, 2.45) is 0 Å². The van der Waals surface area contributed by atoms with E-state index in [0.29, 0.717) is 33.8 Å². The van der Waals surface area contributed by atoms with E-state index in [1.807, 2.05) is 12.1 Å². The lowest BCUT2D eigenvalue weighted by atomic mass is 10.1. The highest BCUT2D eigenvalue weighted by atomic mass is 16.5. The minimum Gasteiger partial charge on any atom is -0.495 e. The molecule has 138 valence electrons. The Morgan fingerprint density at radius 2 is 1.29 bits per heavy atom. The fourth-order valence-corrected chi connectivity index (χ4v) is 2.60. The van der Waals surface area contributed by atoms with Crippen molar-refractivity contribution in [1.29, 1.82) is 5.26 Å². The molecule has 0 aliphatic rings. The van der Waals surface area contributed by atoms with Crippen molar-refractivity contribution in [2.75, 3.05) is 17.7 Å². The predicted octanol–water partition coefficient (Wildman–Crippen LogP) is 4.07. The summed E-state index contributed by atoms with van der Waals surface area (Å²) in [7, 11) is 1.53. The second kappa shape index (κ2) is 8.52. The van der Waals surface area contributed by atoms with E-state index in [-0.39, 0.29) is 11.8 Å². The van der Waals surface area contributed by atoms with E-state index in [4.69, 9.17) is 10.00 Å². The Hall–Kier alpha value is -4.11. The fraction of sp³-hybridized carbons (Fsp3) is 0.0455. The number of ether oxygens (including phenoxy) is 1. The van der Waals surface area contributed by atoms with Crippen LogP contribution >= 0.6 is 0 Å². The number of methoxy groups -OCH3 is 1. The van der Waals surface area contributed by atoms with Crippen molar-refractivity contribution in [3.8, 4) is 11.8 Å². The molecule has 0 aliphatic heterocycles. The van der Waals surface area contributed by atoms with E-state index in [2.05, 4.69) is 10.6 Å². The number of amides is 2. The smallest absolute Gasteiger partial charge is 0.255 e. The molecule has 0 aliphatic carbocycles. The Morgan fingerprint density at radius 1 is 0.786 bits per heavy atom. The molecule has 0 radical (unpaired) electrons. The van der Waals surface area contributed by atoms with Gasteiger partial charge in [0.05, 0.1) is 24.0 Å². The van der Waals surface area contributed by atoms with Gasteiger partial charge in [0.15, 0.2) is 0 Å². The van der Waals surface area contributed by atoms with Gasteiger partial charge < -0.3 is 15.4 Å². The molecule has 0 unspecified atom stereocenters. The van der Waals surface area contributed by atoms with Gasteiger partial charge in [-0.25, -0.2) is 0 Å². The lowest BCUT2D eigenvalue weighted by molar-refractivity contribution is 0.101. The molecular weight excluding hydrogens is 354 g/mol. The van der Waals surface area contributed by atoms with Crippen LogP contribution in [0.1, 0.15) is 26.3 Å². The Balaban J connectivity index is 1.71. The van der Waals surface area contributed by atoms with Crippen LogP contribution in [-0.4, -0.2) is 18.9 Å². The highest BCUT2D eigenvalue weighted by Crippen LogP contribution is 2.23. The molecule has 0 saturated heterocycles. The van der Waals surface area contributed by atoms with Gasteiger partial charge in [-0.2, -0.15) is 5.26 Å². The number of benzene rings is 3. The van der Waals surface area contributed by atoms with E-state index in [1.165, 1.54) is 7.11 Å². The van der Waals surface area contributed by atoms with Gasteiger partial charge in [-0.1, -0.05) is 24.3 Å². The fourth-order valence-electron chi connectivity index (χ4n) is 2.60. The number of nitriles is 1. The van der Waals surface area contributed by atoms with Gasteiger partial charge in [-0.15, -0.1) is 0 Å². The number of para-hydroxylation sites is 3. The minimum atomic E-state index is -0.362. The maximum atomic E-state index is 12.4. The normalized spacial score (nSPS) is 9.86. The number of hydrogen-bond donors (Lipinski definition) is 2. The standard InChI is InChI=1S/C22H17N3O3/c1-28-20-9-5-4-8-19(20)25-22(27)16-12-10-15(11-13-16)21(26)24-18-7-3-2-6-17(18)14-23/h2-13H,1H3,(H,24,26)(H,25,27). The summed E-state index contributed by atoms with van der Waals surface area (Å²) < 4.78 is 5.22. The van der Waals surface area contributed by atoms with Gasteiger partial charge in [-0.3, -0.25) is 9.59 Å². The molecule has 28 heavy (non-hydrogen) atoms. The van der Waals surface area contributed by atoms with E-state index in [9.17, 15) is 9.59 Å². The first kappa shape index (κ1) is 18.7. The zero-order valence-electron chi connectivity index (χ0n) is 15.1. The highest BCUT2D eigenvalue weighted by Gasteiger charge is 2.12. The highest BCUT2D eigenvalue weighted by molar-refractivity contribution is 6.07. The average Bonchev–Trinajstić information content (AvgIpc) is 2.74. The summed E-state index contributed by atoms with van der Waals surface area (Å²) in [5.41, 5.74) is 2.16. The second-order valence-corrected chi connectivity index (χ2v) is 5.84. The SMILES string of the molecule is COc1ccccc1NC(=O)c1ccc(C(=O)Nc2ccccc2C#N)cc1. The van der Waals surface area contributed by atoms with Crippen LogP contribution in [0.2, 0.25) is 0 Å². The first-order valence-electron chi connectivity index (χ1n) is 8.47. The van der Waals surface area contributed by atoms with Crippen LogP contribution in [0.5, 0.6) is 5.75 Å². The Bertz CT molecular complexity index is 1050. The average molecular weight is 371 g/mol. The van der Waals surface area contributed by atoms with E-state index >= 15 is 0 Å². The predicted molar refractivity (Wildman–Crippen MR) is 106 cm³/mol. The van der Waals surface area contributed by atoms with E-state index in [1.54, 1.807) is 66.7 Å². The molecule has 6 heteroatoms. The maximum Gasteiger partial charge on any atom is 0.255 e. The van der Waals surface area contributed by atoms with Crippen LogP contribution in [0.15, 0.2) is 72.8 Å². The molecule has 0 saturated carbocycles. The van der Waals surface area contributed by atoms with Gasteiger partial charge >= 0.3 is 0 Å². The van der Waals surface area contributed by atoms with Crippen molar-refractivity contribution in [3.63, 3.8) is 0 Å². The second-order valence-electron chi connectivity index (χ2n) is 5.84. The molecule has 2 amide bonds. The summed E-state index contributed by atoms with van der Waals surface area (Å²) in [5, 5.41) is 14.6. The summed E-state index contributed by atoms with van der Waals surface area (Å²) in [6.07, 6.45) is 0. The number of rotatable bonds is 5. The van der Waals surface area contributed by atoms with Gasteiger partial charge in [0.2, 0.25) is 0 Å². The first-order chi connectivity index (χ1) is 13.6. The van der Waals surface area contributed by atoms with Crippen LogP contribution in [0.25, 0.3) is 0 Å². The van der Waals surface area contributed by atoms with Crippen LogP contribution in [0, 0.1) is 11.3 Å². The summed E-state index contributed by atoms with van der Waals surface area (Å²) in [4.78, 5) is 24.8. The van der Waals surface area contributed by atoms with Crippen LogP contribution in [0.4, 0.5) is 11.4 Å². The summed E-state index contributed by atoms with van der Waals surface area (Å²) >= 11 is 0. The Labute approximate surface area is 162 Å². The molecule has 0 spiro atoms. The Kier molecular flexibility index (Phi) is 5.68. The number of carbonyl (C=O) groups is 2. The summed E-state index contributed by atoms with van der Waals surface area (Å²) in [6, 6.07) is 22.1. The molecule has 0 aromatic heterocycles. The minimum absolute atomic E-state index is 0.314. The molecule has 3 aromatic rings. The molecule has 2 N–H and O–H groups in total. The summed E-state index contributed by atoms with van der Waals surface area (Å²) in [5.74, 6) is -0.117. The van der Waals surface area contributed by atoms with Crippen molar-refractivity contribution in [3.05, 3.63) is 89.5 Å². The zero-order chi connectivity index (χ0) is 19.9. The number of carbonyl (C=O) groups excluding carboxylic acids is 2. The Morgan fingerprint density at radius 3 is 1.86 bits per heavy atom. The first-order valence-corrected chi connectivity index (χ1v) is 8.47. The number of nitrogens with zero attached hydrogens (tertiary/aromatic N) is 1. The van der Waals surface area contributed by atoms with Crippen molar-refractivity contribution in [1.82, 2.24) is 0 Å². The summed E-state index contributed by atoms with van der Waals surface area (Å²) in [6.45, 7) is 0. The maximum absolute atomic E-state index is 12.4. The molecule has 0 fully saturated rings. The molecule has 0 atom stereocenters. The third-order valence-corrected chi connectivity index (χ3v) is 4.06. The zero-order valence-corrected chi connectivity index (χ0v) is 15.1. The number of anilines is 2. The molecule has 3 rings (SSSR count). The molecule has 6 nitrogen and oxygen atoms in total. The van der Waals surface area contributed by atoms with Crippen molar-refractivity contribution in [2.45, 2.75) is 0 Å². The largest absolute Gasteiger partial charge is 0.495 e. The molecular formula is C22H17N3O3. The van der Waals surface area contributed by atoms with Gasteiger partial charge in [-0.05, 0) is 48.5 Å².